The van der Waals surface area contributed by atoms with Gasteiger partial charge in [0.15, 0.2) is 0 Å². The molecule has 3 aromatic rings. The van der Waals surface area contributed by atoms with Gasteiger partial charge in [-0.15, -0.1) is 0 Å². The van der Waals surface area contributed by atoms with Gasteiger partial charge < -0.3 is 9.88 Å². The van der Waals surface area contributed by atoms with Crippen LogP contribution < -0.4 is 5.32 Å². The average molecular weight is 319 g/mol. The van der Waals surface area contributed by atoms with Crippen LogP contribution in [-0.2, 0) is 0 Å². The largest absolute Gasteiger partial charge is 0.320 e. The summed E-state index contributed by atoms with van der Waals surface area (Å²) < 4.78 is 1.88. The van der Waals surface area contributed by atoms with Crippen LogP contribution in [0, 0.1) is 10.7 Å². The number of carbonyl (C=O) groups is 1. The van der Waals surface area contributed by atoms with Gasteiger partial charge in [0.05, 0.1) is 16.4 Å². The minimum Gasteiger partial charge on any atom is -0.320 e. The van der Waals surface area contributed by atoms with E-state index in [1.165, 1.54) is 0 Å². The Bertz CT molecular complexity index is 865. The van der Waals surface area contributed by atoms with E-state index in [2.05, 4.69) is 10.7 Å². The predicted octanol–water partition coefficient (Wildman–Crippen LogP) is 4.30. The second-order valence-electron chi connectivity index (χ2n) is 4.75. The van der Waals surface area contributed by atoms with E-state index in [0.29, 0.717) is 11.3 Å². The number of rotatable bonds is 4. The molecular formula is C18H13N3OS. The Balaban J connectivity index is 1.94. The lowest BCUT2D eigenvalue weighted by molar-refractivity contribution is 0.102. The van der Waals surface area contributed by atoms with Crippen LogP contribution in [0.1, 0.15) is 10.4 Å². The first-order valence-electron chi connectivity index (χ1n) is 6.98. The van der Waals surface area contributed by atoms with Gasteiger partial charge in [0, 0.05) is 23.5 Å². The second kappa shape index (κ2) is 6.86. The smallest absolute Gasteiger partial charge is 0.255 e. The molecule has 112 valence electrons. The van der Waals surface area contributed by atoms with Crippen molar-refractivity contribution in [1.82, 2.24) is 4.57 Å². The summed E-state index contributed by atoms with van der Waals surface area (Å²) in [6.07, 6.45) is 1.87. The third-order valence-corrected chi connectivity index (χ3v) is 3.94. The molecule has 2 aromatic carbocycles. The van der Waals surface area contributed by atoms with E-state index < -0.39 is 0 Å². The lowest BCUT2D eigenvalue weighted by Gasteiger charge is -2.13. The highest BCUT2D eigenvalue weighted by atomic mass is 32.2. The molecule has 0 aliphatic heterocycles. The fourth-order valence-corrected chi connectivity index (χ4v) is 2.77. The van der Waals surface area contributed by atoms with Gasteiger partial charge in [0.2, 0.25) is 0 Å². The van der Waals surface area contributed by atoms with Crippen LogP contribution >= 0.6 is 11.8 Å². The number of anilines is 1. The van der Waals surface area contributed by atoms with Gasteiger partial charge >= 0.3 is 0 Å². The van der Waals surface area contributed by atoms with Crippen LogP contribution in [0.2, 0.25) is 0 Å². The van der Waals surface area contributed by atoms with Crippen molar-refractivity contribution in [3.8, 4) is 11.1 Å². The molecule has 0 atom stereocenters. The molecule has 1 aromatic heterocycles. The van der Waals surface area contributed by atoms with Crippen LogP contribution in [0.4, 0.5) is 5.69 Å². The van der Waals surface area contributed by atoms with Crippen LogP contribution in [0.3, 0.4) is 0 Å². The Hall–Kier alpha value is -2.97. The number of thiocyanates is 1. The highest BCUT2D eigenvalue weighted by Crippen LogP contribution is 2.27. The third-order valence-electron chi connectivity index (χ3n) is 3.31. The van der Waals surface area contributed by atoms with Gasteiger partial charge in [-0.05, 0) is 36.4 Å². The van der Waals surface area contributed by atoms with Crippen molar-refractivity contribution < 1.29 is 4.79 Å². The number of nitrogens with zero attached hydrogens (tertiary/aromatic N) is 2. The van der Waals surface area contributed by atoms with E-state index in [1.807, 2.05) is 65.4 Å². The molecule has 0 aliphatic rings. The summed E-state index contributed by atoms with van der Waals surface area (Å²) in [6, 6.07) is 20.3. The predicted molar refractivity (Wildman–Crippen MR) is 91.6 cm³/mol. The summed E-state index contributed by atoms with van der Waals surface area (Å²) in [5, 5.41) is 14.7. The maximum atomic E-state index is 12.4. The first kappa shape index (κ1) is 14.9. The number of benzene rings is 2. The van der Waals surface area contributed by atoms with E-state index in [1.54, 1.807) is 12.1 Å². The number of thioether (sulfide) groups is 1. The molecule has 23 heavy (non-hydrogen) atoms. The molecular weight excluding hydrogens is 306 g/mol. The normalized spacial score (nSPS) is 10.0. The number of nitrogens with one attached hydrogen (secondary N) is 1. The zero-order valence-corrected chi connectivity index (χ0v) is 13.0. The zero-order chi connectivity index (χ0) is 16.1. The molecule has 0 spiro atoms. The Labute approximate surface area is 138 Å². The van der Waals surface area contributed by atoms with Crippen molar-refractivity contribution in [1.29, 1.82) is 5.26 Å². The van der Waals surface area contributed by atoms with E-state index >= 15 is 0 Å². The molecule has 0 aliphatic carbocycles. The third kappa shape index (κ3) is 3.28. The fourth-order valence-electron chi connectivity index (χ4n) is 2.27. The maximum Gasteiger partial charge on any atom is 0.255 e. The number of para-hydroxylation sites is 2. The van der Waals surface area contributed by atoms with Gasteiger partial charge in [-0.25, -0.2) is 0 Å². The van der Waals surface area contributed by atoms with Gasteiger partial charge in [0.25, 0.3) is 5.91 Å². The molecule has 0 saturated carbocycles. The molecule has 1 heterocycles. The molecule has 4 nitrogen and oxygen atoms in total. The van der Waals surface area contributed by atoms with Crippen molar-refractivity contribution in [2.24, 2.45) is 0 Å². The van der Waals surface area contributed by atoms with Crippen molar-refractivity contribution in [3.05, 3.63) is 78.5 Å². The van der Waals surface area contributed by atoms with Crippen molar-refractivity contribution in [2.45, 2.75) is 5.03 Å². The number of hydrogen-bond acceptors (Lipinski definition) is 3. The number of amides is 1. The van der Waals surface area contributed by atoms with E-state index in [0.717, 1.165) is 22.5 Å². The van der Waals surface area contributed by atoms with Crippen molar-refractivity contribution in [3.63, 3.8) is 0 Å². The molecule has 0 saturated heterocycles. The van der Waals surface area contributed by atoms with E-state index in [4.69, 9.17) is 5.26 Å². The molecule has 0 radical (unpaired) electrons. The summed E-state index contributed by atoms with van der Waals surface area (Å²) >= 11 is 1.08. The zero-order valence-electron chi connectivity index (χ0n) is 12.1. The highest BCUT2D eigenvalue weighted by molar-refractivity contribution is 8.03. The molecule has 1 N–H and O–H groups in total. The maximum absolute atomic E-state index is 12.4. The average Bonchev–Trinajstić information content (AvgIpc) is 3.04. The Morgan fingerprint density at radius 3 is 2.52 bits per heavy atom. The van der Waals surface area contributed by atoms with Crippen LogP contribution in [0.15, 0.2) is 78.0 Å². The standard InChI is InChI=1S/C18H13N3OS/c19-13-23-17-11-6-12-21(17)16-10-5-4-9-15(16)20-18(22)14-7-2-1-3-8-14/h1-12H,(H,20,22). The molecule has 0 bridgehead atoms. The molecule has 5 heteroatoms. The van der Waals surface area contributed by atoms with Crippen LogP contribution in [-0.4, -0.2) is 10.5 Å². The summed E-state index contributed by atoms with van der Waals surface area (Å²) in [6.45, 7) is 0. The summed E-state index contributed by atoms with van der Waals surface area (Å²) in [5.41, 5.74) is 2.11. The van der Waals surface area contributed by atoms with Crippen LogP contribution in [0.5, 0.6) is 0 Å². The minimum atomic E-state index is -0.167. The molecule has 1 amide bonds. The first-order chi connectivity index (χ1) is 11.3. The van der Waals surface area contributed by atoms with E-state index in [-0.39, 0.29) is 5.91 Å². The summed E-state index contributed by atoms with van der Waals surface area (Å²) in [5.74, 6) is -0.167. The van der Waals surface area contributed by atoms with Crippen molar-refractivity contribution >= 4 is 23.4 Å². The van der Waals surface area contributed by atoms with Crippen LogP contribution in [0.25, 0.3) is 5.69 Å². The van der Waals surface area contributed by atoms with Gasteiger partial charge in [-0.2, -0.15) is 5.26 Å². The first-order valence-corrected chi connectivity index (χ1v) is 7.80. The van der Waals surface area contributed by atoms with E-state index in [9.17, 15) is 4.79 Å². The van der Waals surface area contributed by atoms with Crippen molar-refractivity contribution in [2.75, 3.05) is 5.32 Å². The topological polar surface area (TPSA) is 57.8 Å². The van der Waals surface area contributed by atoms with Gasteiger partial charge in [-0.3, -0.25) is 4.79 Å². The molecule has 3 rings (SSSR count). The number of nitriles is 1. The minimum absolute atomic E-state index is 0.167. The highest BCUT2D eigenvalue weighted by Gasteiger charge is 2.11. The second-order valence-corrected chi connectivity index (χ2v) is 5.55. The fraction of sp³-hybridized carbons (Fsp3) is 0. The SMILES string of the molecule is N#CSc1cccn1-c1ccccc1NC(=O)c1ccccc1. The Morgan fingerprint density at radius 2 is 1.74 bits per heavy atom. The molecule has 0 fully saturated rings. The number of hydrogen-bond donors (Lipinski definition) is 1. The summed E-state index contributed by atoms with van der Waals surface area (Å²) in [4.78, 5) is 12.4. The van der Waals surface area contributed by atoms with Gasteiger partial charge in [0.1, 0.15) is 5.40 Å². The molecule has 0 unspecified atom stereocenters. The monoisotopic (exact) mass is 319 g/mol. The lowest BCUT2D eigenvalue weighted by atomic mass is 10.2. The number of carbonyl (C=O) groups excluding carboxylic acids is 1. The quantitative estimate of drug-likeness (QED) is 0.576. The Kier molecular flexibility index (Phi) is 4.46. The van der Waals surface area contributed by atoms with Gasteiger partial charge in [-0.1, -0.05) is 30.3 Å². The number of aromatic nitrogens is 1. The lowest BCUT2D eigenvalue weighted by Crippen LogP contribution is -2.13. The summed E-state index contributed by atoms with van der Waals surface area (Å²) in [7, 11) is 0. The Morgan fingerprint density at radius 1 is 1.00 bits per heavy atom.